The molecule has 0 radical (unpaired) electrons. The molecule has 5 N–H and O–H groups in total. The van der Waals surface area contributed by atoms with Crippen LogP contribution in [0.25, 0.3) is 0 Å². The molecule has 0 fully saturated rings. The van der Waals surface area contributed by atoms with E-state index in [1.54, 1.807) is 19.1 Å². The van der Waals surface area contributed by atoms with Crippen LogP contribution in [-0.4, -0.2) is 51.6 Å². The van der Waals surface area contributed by atoms with E-state index in [1.165, 1.54) is 31.3 Å². The number of alkyl halides is 2. The van der Waals surface area contributed by atoms with Crippen molar-refractivity contribution in [2.75, 3.05) is 24.8 Å². The largest absolute Gasteiger partial charge is 0.480 e. The van der Waals surface area contributed by atoms with E-state index in [-0.39, 0.29) is 34.4 Å². The number of nitrogens with one attached hydrogen (secondary N) is 1. The van der Waals surface area contributed by atoms with E-state index in [2.05, 4.69) is 30.0 Å². The minimum absolute atomic E-state index is 0.0640. The number of hydrogen-bond acceptors (Lipinski definition) is 10. The molecule has 3 heterocycles. The lowest BCUT2D eigenvalue weighted by Gasteiger charge is -2.33. The topological polar surface area (TPSA) is 151 Å². The van der Waals surface area contributed by atoms with Gasteiger partial charge in [-0.3, -0.25) is 9.78 Å². The number of rotatable bonds is 7. The molecule has 3 rings (SSSR count). The molecule has 1 aliphatic heterocycles. The van der Waals surface area contributed by atoms with Gasteiger partial charge in [-0.1, -0.05) is 11.8 Å². The molecule has 0 saturated heterocycles. The minimum Gasteiger partial charge on any atom is -0.480 e. The molecule has 13 heteroatoms. The van der Waals surface area contributed by atoms with Crippen molar-refractivity contribution < 1.29 is 23.0 Å². The third-order valence-electron chi connectivity index (χ3n) is 4.45. The van der Waals surface area contributed by atoms with Crippen molar-refractivity contribution in [2.45, 2.75) is 30.7 Å². The van der Waals surface area contributed by atoms with Crippen LogP contribution in [0.2, 0.25) is 0 Å². The highest BCUT2D eigenvalue weighted by atomic mass is 32.2. The second kappa shape index (κ2) is 9.39. The molecule has 0 bridgehead atoms. The summed E-state index contributed by atoms with van der Waals surface area (Å²) in [4.78, 5) is 29.2. The Labute approximate surface area is 180 Å². The zero-order valence-corrected chi connectivity index (χ0v) is 17.5. The fourth-order valence-corrected chi connectivity index (χ4v) is 4.21. The van der Waals surface area contributed by atoms with Gasteiger partial charge < -0.3 is 26.3 Å². The standard InChI is InChI=1S/C18H21F2N7O3S/c1-18(6-10(8-30-16(19)20)31-17(22)27-18)11-5-9(3-4-23-11)25-15(28)13-14(21)26-12(29-2)7-24-13/h3-5,7,10,16H,6,8H2,1-2H3,(H2,21,26)(H2,22,27)(H,23,25,28)/t10-,18-/m0/s1. The molecule has 0 spiro atoms. The summed E-state index contributed by atoms with van der Waals surface area (Å²) in [5, 5.41) is 2.60. The van der Waals surface area contributed by atoms with Crippen LogP contribution in [0.5, 0.6) is 5.88 Å². The lowest BCUT2D eigenvalue weighted by molar-refractivity contribution is -0.128. The van der Waals surface area contributed by atoms with Crippen molar-refractivity contribution in [2.24, 2.45) is 10.7 Å². The molecule has 166 valence electrons. The Balaban J connectivity index is 1.79. The summed E-state index contributed by atoms with van der Waals surface area (Å²) in [6, 6.07) is 3.21. The number of nitrogen functional groups attached to an aromatic ring is 1. The number of methoxy groups -OCH3 is 1. The number of aliphatic imine (C=N–C) groups is 1. The van der Waals surface area contributed by atoms with Crippen molar-refractivity contribution in [3.05, 3.63) is 35.9 Å². The van der Waals surface area contributed by atoms with Crippen LogP contribution in [0.4, 0.5) is 20.3 Å². The number of hydrogen-bond donors (Lipinski definition) is 3. The zero-order chi connectivity index (χ0) is 22.6. The maximum absolute atomic E-state index is 12.6. The summed E-state index contributed by atoms with van der Waals surface area (Å²) in [6.07, 6.45) is 3.15. The normalized spacial score (nSPS) is 20.9. The van der Waals surface area contributed by atoms with Gasteiger partial charge in [0.2, 0.25) is 5.88 Å². The minimum atomic E-state index is -2.86. The van der Waals surface area contributed by atoms with Gasteiger partial charge in [-0.05, 0) is 25.5 Å². The third-order valence-corrected chi connectivity index (χ3v) is 5.42. The van der Waals surface area contributed by atoms with Crippen molar-refractivity contribution in [3.8, 4) is 5.88 Å². The van der Waals surface area contributed by atoms with Crippen LogP contribution < -0.4 is 21.5 Å². The number of carbonyl (C=O) groups is 1. The molecule has 2 aromatic heterocycles. The summed E-state index contributed by atoms with van der Waals surface area (Å²) in [6.45, 7) is -1.26. The summed E-state index contributed by atoms with van der Waals surface area (Å²) in [5.41, 5.74) is 11.7. The summed E-state index contributed by atoms with van der Waals surface area (Å²) < 4.78 is 34.2. The number of pyridine rings is 1. The number of ether oxygens (including phenoxy) is 2. The van der Waals surface area contributed by atoms with E-state index in [0.717, 1.165) is 0 Å². The molecule has 0 aromatic carbocycles. The first-order valence-corrected chi connectivity index (χ1v) is 9.94. The highest BCUT2D eigenvalue weighted by molar-refractivity contribution is 8.14. The molecule has 1 amide bonds. The Morgan fingerprint density at radius 3 is 2.87 bits per heavy atom. The molecule has 0 saturated carbocycles. The Bertz CT molecular complexity index is 994. The SMILES string of the molecule is COc1cnc(C(=O)Nc2ccnc([C@]3(C)C[C@@H](COC(F)F)SC(N)=N3)c2)c(N)n1. The Kier molecular flexibility index (Phi) is 6.85. The molecule has 1 aliphatic rings. The maximum Gasteiger partial charge on any atom is 0.345 e. The average Bonchev–Trinajstić information content (AvgIpc) is 2.71. The predicted octanol–water partition coefficient (Wildman–Crippen LogP) is 1.99. The molecule has 2 aromatic rings. The van der Waals surface area contributed by atoms with Crippen LogP contribution in [0.3, 0.4) is 0 Å². The lowest BCUT2D eigenvalue weighted by atomic mass is 9.91. The van der Waals surface area contributed by atoms with Crippen molar-refractivity contribution >= 4 is 34.3 Å². The van der Waals surface area contributed by atoms with Crippen molar-refractivity contribution in [1.82, 2.24) is 15.0 Å². The van der Waals surface area contributed by atoms with E-state index in [1.807, 2.05) is 0 Å². The summed E-state index contributed by atoms with van der Waals surface area (Å²) in [7, 11) is 1.41. The van der Waals surface area contributed by atoms with Gasteiger partial charge in [0, 0.05) is 17.1 Å². The van der Waals surface area contributed by atoms with E-state index in [4.69, 9.17) is 16.2 Å². The first kappa shape index (κ1) is 22.6. The fraction of sp³-hybridized carbons (Fsp3) is 0.389. The third kappa shape index (κ3) is 5.55. The molecule has 31 heavy (non-hydrogen) atoms. The van der Waals surface area contributed by atoms with Crippen LogP contribution >= 0.6 is 11.8 Å². The van der Waals surface area contributed by atoms with E-state index >= 15 is 0 Å². The zero-order valence-electron chi connectivity index (χ0n) is 16.7. The van der Waals surface area contributed by atoms with Crippen LogP contribution in [0.1, 0.15) is 29.5 Å². The predicted molar refractivity (Wildman–Crippen MR) is 112 cm³/mol. The first-order valence-electron chi connectivity index (χ1n) is 9.06. The summed E-state index contributed by atoms with van der Waals surface area (Å²) >= 11 is 1.17. The van der Waals surface area contributed by atoms with Crippen molar-refractivity contribution in [3.63, 3.8) is 0 Å². The fourth-order valence-electron chi connectivity index (χ4n) is 3.06. The highest BCUT2D eigenvalue weighted by Crippen LogP contribution is 2.39. The van der Waals surface area contributed by atoms with E-state index in [9.17, 15) is 13.6 Å². The quantitative estimate of drug-likeness (QED) is 0.572. The van der Waals surface area contributed by atoms with E-state index in [0.29, 0.717) is 17.8 Å². The monoisotopic (exact) mass is 453 g/mol. The maximum atomic E-state index is 12.6. The molecule has 0 unspecified atom stereocenters. The number of carbonyl (C=O) groups excluding carboxylic acids is 1. The van der Waals surface area contributed by atoms with Crippen molar-refractivity contribution in [1.29, 1.82) is 0 Å². The Hall–Kier alpha value is -3.06. The van der Waals surface area contributed by atoms with Crippen LogP contribution in [0.15, 0.2) is 29.5 Å². The highest BCUT2D eigenvalue weighted by Gasteiger charge is 2.36. The van der Waals surface area contributed by atoms with Gasteiger partial charge in [-0.25, -0.2) is 9.98 Å². The van der Waals surface area contributed by atoms with Gasteiger partial charge >= 0.3 is 6.61 Å². The number of nitrogens with zero attached hydrogens (tertiary/aromatic N) is 4. The lowest BCUT2D eigenvalue weighted by Crippen LogP contribution is -2.36. The number of amidine groups is 1. The van der Waals surface area contributed by atoms with Gasteiger partial charge in [0.25, 0.3) is 5.91 Å². The second-order valence-electron chi connectivity index (χ2n) is 6.79. The number of amides is 1. The Morgan fingerprint density at radius 1 is 1.42 bits per heavy atom. The van der Waals surface area contributed by atoms with Gasteiger partial charge in [0.1, 0.15) is 5.54 Å². The van der Waals surface area contributed by atoms with Gasteiger partial charge in [-0.15, -0.1) is 0 Å². The van der Waals surface area contributed by atoms with Crippen LogP contribution in [0, 0.1) is 0 Å². The molecule has 0 aliphatic carbocycles. The molecule has 2 atom stereocenters. The number of anilines is 2. The number of nitrogens with two attached hydrogens (primary N) is 2. The van der Waals surface area contributed by atoms with Gasteiger partial charge in [-0.2, -0.15) is 13.8 Å². The first-order chi connectivity index (χ1) is 14.7. The number of thioether (sulfide) groups is 1. The van der Waals surface area contributed by atoms with Gasteiger partial charge in [0.15, 0.2) is 16.7 Å². The summed E-state index contributed by atoms with van der Waals surface area (Å²) in [5.74, 6) is -0.466. The number of aromatic nitrogens is 3. The average molecular weight is 453 g/mol. The number of halogens is 2. The smallest absolute Gasteiger partial charge is 0.345 e. The van der Waals surface area contributed by atoms with Gasteiger partial charge in [0.05, 0.1) is 25.6 Å². The van der Waals surface area contributed by atoms with Crippen LogP contribution in [-0.2, 0) is 10.3 Å². The second-order valence-corrected chi connectivity index (χ2v) is 8.11. The molecular formula is C18H21F2N7O3S. The molecule has 10 nitrogen and oxygen atoms in total. The van der Waals surface area contributed by atoms with E-state index < -0.39 is 18.1 Å². The Morgan fingerprint density at radius 2 is 2.19 bits per heavy atom. The molecular weight excluding hydrogens is 432 g/mol.